The Hall–Kier alpha value is -3.01. The van der Waals surface area contributed by atoms with Crippen LogP contribution in [0.15, 0.2) is 30.9 Å². The number of benzene rings is 1. The van der Waals surface area contributed by atoms with Crippen LogP contribution >= 0.6 is 0 Å². The summed E-state index contributed by atoms with van der Waals surface area (Å²) in [6.07, 6.45) is 0.642. The first-order valence-corrected chi connectivity index (χ1v) is 11.7. The van der Waals surface area contributed by atoms with Gasteiger partial charge in [-0.25, -0.2) is 13.2 Å². The fourth-order valence-electron chi connectivity index (χ4n) is 3.84. The SMILES string of the molecule is C=CCN1C(=O)c2ccc(C(=O)O[C@@H](C)C(=O)N(CC)[C@@H]3CCS(=O)(=O)C3)cc2C1=O. The number of fused-ring (bicyclic) bond motifs is 1. The number of hydrogen-bond donors (Lipinski definition) is 0. The van der Waals surface area contributed by atoms with Crippen molar-refractivity contribution in [3.63, 3.8) is 0 Å². The van der Waals surface area contributed by atoms with Crippen molar-refractivity contribution in [3.8, 4) is 0 Å². The highest BCUT2D eigenvalue weighted by molar-refractivity contribution is 7.91. The molecule has 0 spiro atoms. The summed E-state index contributed by atoms with van der Waals surface area (Å²) in [5.74, 6) is -2.37. The van der Waals surface area contributed by atoms with Crippen LogP contribution in [-0.4, -0.2) is 78.6 Å². The van der Waals surface area contributed by atoms with Crippen molar-refractivity contribution in [1.82, 2.24) is 9.80 Å². The summed E-state index contributed by atoms with van der Waals surface area (Å²) in [7, 11) is -3.17. The molecule has 1 saturated heterocycles. The van der Waals surface area contributed by atoms with E-state index in [1.165, 1.54) is 36.1 Å². The molecule has 1 fully saturated rings. The summed E-state index contributed by atoms with van der Waals surface area (Å²) < 4.78 is 28.8. The van der Waals surface area contributed by atoms with E-state index in [0.717, 1.165) is 4.90 Å². The van der Waals surface area contributed by atoms with Crippen LogP contribution in [0.2, 0.25) is 0 Å². The monoisotopic (exact) mass is 448 g/mol. The molecule has 2 heterocycles. The molecule has 0 N–H and O–H groups in total. The molecule has 0 saturated carbocycles. The number of sulfone groups is 1. The molecule has 166 valence electrons. The van der Waals surface area contributed by atoms with E-state index in [-0.39, 0.29) is 41.3 Å². The van der Waals surface area contributed by atoms with E-state index in [4.69, 9.17) is 4.74 Å². The third kappa shape index (κ3) is 4.39. The number of amides is 3. The highest BCUT2D eigenvalue weighted by Crippen LogP contribution is 2.25. The molecule has 3 amide bonds. The van der Waals surface area contributed by atoms with E-state index in [1.54, 1.807) is 6.92 Å². The van der Waals surface area contributed by atoms with Gasteiger partial charge in [0.05, 0.1) is 28.2 Å². The largest absolute Gasteiger partial charge is 0.449 e. The van der Waals surface area contributed by atoms with Gasteiger partial charge >= 0.3 is 5.97 Å². The van der Waals surface area contributed by atoms with Crippen molar-refractivity contribution in [2.24, 2.45) is 0 Å². The summed E-state index contributed by atoms with van der Waals surface area (Å²) in [6, 6.07) is 3.58. The Morgan fingerprint density at radius 1 is 1.29 bits per heavy atom. The van der Waals surface area contributed by atoms with Gasteiger partial charge in [-0.2, -0.15) is 0 Å². The van der Waals surface area contributed by atoms with Crippen molar-refractivity contribution in [2.75, 3.05) is 24.6 Å². The summed E-state index contributed by atoms with van der Waals surface area (Å²) in [6.45, 7) is 7.01. The lowest BCUT2D eigenvalue weighted by Crippen LogP contribution is -2.46. The normalized spacial score (nSPS) is 20.3. The molecule has 3 rings (SSSR count). The van der Waals surface area contributed by atoms with Gasteiger partial charge in [-0.15, -0.1) is 6.58 Å². The maximum absolute atomic E-state index is 12.8. The standard InChI is InChI=1S/C21H24N2O7S/c1-4-9-23-19(25)16-7-6-14(11-17(16)20(23)26)21(27)30-13(3)18(24)22(5-2)15-8-10-31(28,29)12-15/h4,6-7,11,13,15H,1,5,8-10,12H2,2-3H3/t13-,15+/m0/s1. The average Bonchev–Trinajstić information content (AvgIpc) is 3.20. The van der Waals surface area contributed by atoms with Crippen LogP contribution in [0, 0.1) is 0 Å². The number of ether oxygens (including phenoxy) is 1. The molecule has 9 nitrogen and oxygen atoms in total. The van der Waals surface area contributed by atoms with Gasteiger partial charge in [-0.05, 0) is 38.5 Å². The van der Waals surface area contributed by atoms with Crippen LogP contribution in [0.25, 0.3) is 0 Å². The maximum Gasteiger partial charge on any atom is 0.338 e. The van der Waals surface area contributed by atoms with Gasteiger partial charge in [0.15, 0.2) is 15.9 Å². The lowest BCUT2D eigenvalue weighted by molar-refractivity contribution is -0.141. The van der Waals surface area contributed by atoms with E-state index >= 15 is 0 Å². The van der Waals surface area contributed by atoms with Gasteiger partial charge in [0, 0.05) is 19.1 Å². The van der Waals surface area contributed by atoms with Gasteiger partial charge in [0.1, 0.15) is 0 Å². The van der Waals surface area contributed by atoms with Crippen LogP contribution in [0.3, 0.4) is 0 Å². The van der Waals surface area contributed by atoms with Crippen LogP contribution in [0.4, 0.5) is 0 Å². The zero-order chi connectivity index (χ0) is 22.9. The van der Waals surface area contributed by atoms with Gasteiger partial charge < -0.3 is 9.64 Å². The van der Waals surface area contributed by atoms with E-state index in [0.29, 0.717) is 6.42 Å². The van der Waals surface area contributed by atoms with Crippen molar-refractivity contribution < 1.29 is 32.3 Å². The molecular formula is C21H24N2O7S. The summed E-state index contributed by atoms with van der Waals surface area (Å²) in [5.41, 5.74) is 0.310. The number of imide groups is 1. The molecule has 0 radical (unpaired) electrons. The maximum atomic E-state index is 12.8. The van der Waals surface area contributed by atoms with Crippen molar-refractivity contribution >= 4 is 33.5 Å². The second-order valence-corrected chi connectivity index (χ2v) is 9.73. The fourth-order valence-corrected chi connectivity index (χ4v) is 5.57. The number of hydrogen-bond acceptors (Lipinski definition) is 7. The molecule has 1 aromatic carbocycles. The molecule has 2 aliphatic heterocycles. The highest BCUT2D eigenvalue weighted by atomic mass is 32.2. The quantitative estimate of drug-likeness (QED) is 0.347. The van der Waals surface area contributed by atoms with Crippen LogP contribution in [-0.2, 0) is 19.4 Å². The Bertz CT molecular complexity index is 1060. The third-order valence-corrected chi connectivity index (χ3v) is 7.17. The second kappa shape index (κ2) is 8.62. The zero-order valence-corrected chi connectivity index (χ0v) is 18.2. The van der Waals surface area contributed by atoms with E-state index in [1.807, 2.05) is 0 Å². The first kappa shape index (κ1) is 22.7. The summed E-state index contributed by atoms with van der Waals surface area (Å²) in [5, 5.41) is 0. The molecule has 2 aliphatic rings. The Labute approximate surface area is 180 Å². The van der Waals surface area contributed by atoms with Crippen molar-refractivity contribution in [3.05, 3.63) is 47.5 Å². The predicted molar refractivity (Wildman–Crippen MR) is 111 cm³/mol. The van der Waals surface area contributed by atoms with Crippen molar-refractivity contribution in [2.45, 2.75) is 32.4 Å². The number of rotatable bonds is 7. The Morgan fingerprint density at radius 3 is 2.55 bits per heavy atom. The number of esters is 1. The molecule has 0 unspecified atom stereocenters. The minimum absolute atomic E-state index is 0.0281. The van der Waals surface area contributed by atoms with E-state index in [9.17, 15) is 27.6 Å². The number of carbonyl (C=O) groups excluding carboxylic acids is 4. The number of nitrogens with zero attached hydrogens (tertiary/aromatic N) is 2. The Morgan fingerprint density at radius 2 is 1.97 bits per heavy atom. The lowest BCUT2D eigenvalue weighted by Gasteiger charge is -2.29. The minimum atomic E-state index is -3.17. The number of carbonyl (C=O) groups is 4. The molecule has 0 aliphatic carbocycles. The topological polar surface area (TPSA) is 118 Å². The fraction of sp³-hybridized carbons (Fsp3) is 0.429. The predicted octanol–water partition coefficient (Wildman–Crippen LogP) is 1.05. The summed E-state index contributed by atoms with van der Waals surface area (Å²) in [4.78, 5) is 52.5. The van der Waals surface area contributed by atoms with Crippen LogP contribution < -0.4 is 0 Å². The molecular weight excluding hydrogens is 424 g/mol. The molecule has 10 heteroatoms. The Balaban J connectivity index is 1.72. The zero-order valence-electron chi connectivity index (χ0n) is 17.4. The minimum Gasteiger partial charge on any atom is -0.449 e. The van der Waals surface area contributed by atoms with Gasteiger partial charge in [-0.3, -0.25) is 19.3 Å². The summed E-state index contributed by atoms with van der Waals surface area (Å²) >= 11 is 0. The molecule has 1 aromatic rings. The first-order chi connectivity index (χ1) is 14.6. The average molecular weight is 448 g/mol. The Kier molecular flexibility index (Phi) is 6.30. The molecule has 0 aromatic heterocycles. The highest BCUT2D eigenvalue weighted by Gasteiger charge is 2.37. The molecule has 0 bridgehead atoms. The van der Waals surface area contributed by atoms with Gasteiger partial charge in [0.2, 0.25) is 0 Å². The van der Waals surface area contributed by atoms with Gasteiger partial charge in [0.25, 0.3) is 17.7 Å². The van der Waals surface area contributed by atoms with Crippen molar-refractivity contribution in [1.29, 1.82) is 0 Å². The lowest BCUT2D eigenvalue weighted by atomic mass is 10.1. The smallest absolute Gasteiger partial charge is 0.338 e. The van der Waals surface area contributed by atoms with E-state index in [2.05, 4.69) is 6.58 Å². The number of likely N-dealkylation sites (N-methyl/N-ethyl adjacent to an activating group) is 1. The first-order valence-electron chi connectivity index (χ1n) is 9.92. The van der Waals surface area contributed by atoms with Gasteiger partial charge in [-0.1, -0.05) is 6.08 Å². The van der Waals surface area contributed by atoms with Crippen LogP contribution in [0.1, 0.15) is 51.3 Å². The molecule has 2 atom stereocenters. The second-order valence-electron chi connectivity index (χ2n) is 7.50. The third-order valence-electron chi connectivity index (χ3n) is 5.42. The van der Waals surface area contributed by atoms with Crippen LogP contribution in [0.5, 0.6) is 0 Å². The van der Waals surface area contributed by atoms with E-state index < -0.39 is 45.7 Å². The molecule has 31 heavy (non-hydrogen) atoms.